The van der Waals surface area contributed by atoms with Gasteiger partial charge >= 0.3 is 7.12 Å². The molecule has 0 aliphatic carbocycles. The van der Waals surface area contributed by atoms with Crippen molar-refractivity contribution in [1.29, 1.82) is 0 Å². The summed E-state index contributed by atoms with van der Waals surface area (Å²) in [5.41, 5.74) is 9.20. The van der Waals surface area contributed by atoms with Gasteiger partial charge in [0, 0.05) is 21.3 Å². The summed E-state index contributed by atoms with van der Waals surface area (Å²) in [4.78, 5) is 2.58. The van der Waals surface area contributed by atoms with Crippen molar-refractivity contribution in [2.24, 2.45) is 5.11 Å². The minimum Gasteiger partial charge on any atom is -0.423 e. The first kappa shape index (κ1) is 14.8. The molecule has 96 valence electrons. The zero-order chi connectivity index (χ0) is 13.9. The first-order valence-electron chi connectivity index (χ1n) is 4.71. The van der Waals surface area contributed by atoms with Crippen LogP contribution in [-0.4, -0.2) is 25.6 Å². The van der Waals surface area contributed by atoms with E-state index in [4.69, 9.17) is 26.3 Å². The van der Waals surface area contributed by atoms with Crippen molar-refractivity contribution in [1.82, 2.24) is 0 Å². The van der Waals surface area contributed by atoms with Crippen LogP contribution in [0.1, 0.15) is 11.1 Å². The zero-order valence-corrected chi connectivity index (χ0v) is 10.9. The summed E-state index contributed by atoms with van der Waals surface area (Å²) >= 11 is 0. The Balaban J connectivity index is 3.44. The summed E-state index contributed by atoms with van der Waals surface area (Å²) in [7, 11) is -0.451. The van der Waals surface area contributed by atoms with Crippen molar-refractivity contribution in [3.63, 3.8) is 0 Å². The molecule has 0 radical (unpaired) electrons. The molecule has 1 rings (SSSR count). The van der Waals surface area contributed by atoms with Gasteiger partial charge in [0.25, 0.3) is 0 Å². The van der Waals surface area contributed by atoms with Crippen molar-refractivity contribution in [3.05, 3.63) is 33.7 Å². The Morgan fingerprint density at radius 1 is 1.50 bits per heavy atom. The van der Waals surface area contributed by atoms with Crippen LogP contribution >= 0.6 is 10.7 Å². The second kappa shape index (κ2) is 5.60. The van der Waals surface area contributed by atoms with Gasteiger partial charge in [0.1, 0.15) is 0 Å². The second-order valence-electron chi connectivity index (χ2n) is 3.57. The molecule has 2 N–H and O–H groups in total. The quantitative estimate of drug-likeness (QED) is 0.278. The average Bonchev–Trinajstić information content (AvgIpc) is 2.21. The molecule has 10 heteroatoms. The first-order valence-corrected chi connectivity index (χ1v) is 7.19. The van der Waals surface area contributed by atoms with Crippen molar-refractivity contribution < 1.29 is 18.5 Å². The van der Waals surface area contributed by atoms with E-state index in [0.29, 0.717) is 5.56 Å². The lowest BCUT2D eigenvalue weighted by Gasteiger charge is -2.10. The molecule has 0 saturated carbocycles. The van der Waals surface area contributed by atoms with E-state index in [9.17, 15) is 8.42 Å². The van der Waals surface area contributed by atoms with Crippen LogP contribution < -0.4 is 5.46 Å². The van der Waals surface area contributed by atoms with Gasteiger partial charge in [-0.1, -0.05) is 17.2 Å². The second-order valence-corrected chi connectivity index (χ2v) is 6.35. The maximum atomic E-state index is 11.0. The third-order valence-corrected chi connectivity index (χ3v) is 3.27. The summed E-state index contributed by atoms with van der Waals surface area (Å²) < 4.78 is 22.1. The average molecular weight is 290 g/mol. The molecule has 0 aliphatic heterocycles. The highest BCUT2D eigenvalue weighted by Crippen LogP contribution is 2.23. The Bertz CT molecular complexity index is 613. The van der Waals surface area contributed by atoms with Gasteiger partial charge in [-0.05, 0) is 29.0 Å². The van der Waals surface area contributed by atoms with Gasteiger partial charge in [-0.25, -0.2) is 8.42 Å². The van der Waals surface area contributed by atoms with Gasteiger partial charge in [0.05, 0.1) is 5.75 Å². The predicted octanol–water partition coefficient (Wildman–Crippen LogP) is 0.685. The zero-order valence-electron chi connectivity index (χ0n) is 9.28. The van der Waals surface area contributed by atoms with E-state index < -0.39 is 21.9 Å². The number of rotatable bonds is 4. The number of benzene rings is 1. The predicted molar refractivity (Wildman–Crippen MR) is 68.3 cm³/mol. The van der Waals surface area contributed by atoms with Gasteiger partial charge in [0.2, 0.25) is 9.05 Å². The lowest BCUT2D eigenvalue weighted by molar-refractivity contribution is 0.425. The van der Waals surface area contributed by atoms with Crippen molar-refractivity contribution in [2.45, 2.75) is 12.7 Å². The van der Waals surface area contributed by atoms with E-state index in [1.54, 1.807) is 6.92 Å². The first-order chi connectivity index (χ1) is 8.24. The Hall–Kier alpha value is -1.25. The van der Waals surface area contributed by atoms with Gasteiger partial charge in [-0.3, -0.25) is 0 Å². The lowest BCUT2D eigenvalue weighted by atomic mass is 9.78. The SMILES string of the molecule is Cc1c(CS(=O)(=O)Cl)cc(B(O)O)cc1N=[N+]=[N-]. The number of hydrogen-bond donors (Lipinski definition) is 2. The minimum absolute atomic E-state index is 0.0262. The Labute approximate surface area is 108 Å². The van der Waals surface area contributed by atoms with Crippen LogP contribution in [-0.2, 0) is 14.8 Å². The molecule has 0 aromatic heterocycles. The van der Waals surface area contributed by atoms with Crippen molar-refractivity contribution >= 4 is 38.0 Å². The fourth-order valence-corrected chi connectivity index (χ4v) is 2.44. The molecule has 0 aliphatic rings. The van der Waals surface area contributed by atoms with Gasteiger partial charge in [-0.15, -0.1) is 0 Å². The third-order valence-electron chi connectivity index (χ3n) is 2.29. The fourth-order valence-electron chi connectivity index (χ4n) is 1.42. The summed E-state index contributed by atoms with van der Waals surface area (Å²) in [6, 6.07) is 2.56. The van der Waals surface area contributed by atoms with Crippen molar-refractivity contribution in [2.75, 3.05) is 0 Å². The van der Waals surface area contributed by atoms with Gasteiger partial charge in [0.15, 0.2) is 0 Å². The number of nitrogens with zero attached hydrogens (tertiary/aromatic N) is 3. The molecule has 0 saturated heterocycles. The maximum Gasteiger partial charge on any atom is 0.488 e. The van der Waals surface area contributed by atoms with Crippen LogP contribution in [0.5, 0.6) is 0 Å². The highest BCUT2D eigenvalue weighted by molar-refractivity contribution is 8.13. The topological polar surface area (TPSA) is 123 Å². The lowest BCUT2D eigenvalue weighted by Crippen LogP contribution is -2.30. The molecule has 0 spiro atoms. The molecule has 7 nitrogen and oxygen atoms in total. The molecule has 1 aromatic carbocycles. The van der Waals surface area contributed by atoms with E-state index in [1.807, 2.05) is 0 Å². The summed E-state index contributed by atoms with van der Waals surface area (Å²) in [6.45, 7) is 1.55. The summed E-state index contributed by atoms with van der Waals surface area (Å²) in [6.07, 6.45) is 0. The van der Waals surface area contributed by atoms with E-state index in [0.717, 1.165) is 0 Å². The molecule has 0 fully saturated rings. The molecule has 0 amide bonds. The third kappa shape index (κ3) is 3.90. The smallest absolute Gasteiger partial charge is 0.423 e. The minimum atomic E-state index is -3.80. The Kier molecular flexibility index (Phi) is 4.61. The van der Waals surface area contributed by atoms with E-state index in [1.165, 1.54) is 12.1 Å². The van der Waals surface area contributed by atoms with E-state index >= 15 is 0 Å². The van der Waals surface area contributed by atoms with Crippen LogP contribution in [0.4, 0.5) is 5.69 Å². The molecule has 1 aromatic rings. The van der Waals surface area contributed by atoms with Crippen LogP contribution in [0, 0.1) is 6.92 Å². The Morgan fingerprint density at radius 3 is 2.56 bits per heavy atom. The number of hydrogen-bond acceptors (Lipinski definition) is 5. The van der Waals surface area contributed by atoms with Crippen molar-refractivity contribution in [3.8, 4) is 0 Å². The summed E-state index contributed by atoms with van der Waals surface area (Å²) in [5.74, 6) is -0.491. The van der Waals surface area contributed by atoms with E-state index in [-0.39, 0.29) is 16.7 Å². The normalized spacial score (nSPS) is 10.9. The van der Waals surface area contributed by atoms with Crippen LogP contribution in [0.2, 0.25) is 0 Å². The van der Waals surface area contributed by atoms with Gasteiger partial charge < -0.3 is 10.0 Å². The molecular weight excluding hydrogens is 280 g/mol. The monoisotopic (exact) mass is 289 g/mol. The molecule has 0 bridgehead atoms. The molecule has 0 atom stereocenters. The highest BCUT2D eigenvalue weighted by atomic mass is 35.7. The number of azide groups is 1. The fraction of sp³-hybridized carbons (Fsp3) is 0.250. The van der Waals surface area contributed by atoms with Crippen LogP contribution in [0.15, 0.2) is 17.2 Å². The summed E-state index contributed by atoms with van der Waals surface area (Å²) in [5, 5.41) is 21.5. The number of halogens is 1. The van der Waals surface area contributed by atoms with Crippen LogP contribution in [0.25, 0.3) is 10.4 Å². The maximum absolute atomic E-state index is 11.0. The Morgan fingerprint density at radius 2 is 2.11 bits per heavy atom. The standard InChI is InChI=1S/C8H9BClN3O4S/c1-5-6(4-18(10,16)17)2-7(9(14)15)3-8(5)12-13-11/h2-3,14-15H,4H2,1H3. The largest absolute Gasteiger partial charge is 0.488 e. The molecule has 18 heavy (non-hydrogen) atoms. The van der Waals surface area contributed by atoms with E-state index in [2.05, 4.69) is 10.0 Å². The highest BCUT2D eigenvalue weighted by Gasteiger charge is 2.18. The molecule has 0 heterocycles. The van der Waals surface area contributed by atoms with Crippen LogP contribution in [0.3, 0.4) is 0 Å². The molecular formula is C8H9BClN3O4S. The molecule has 0 unspecified atom stereocenters. The van der Waals surface area contributed by atoms with Gasteiger partial charge in [-0.2, -0.15) is 0 Å².